The molecule has 0 heterocycles. The molecule has 0 spiro atoms. The third-order valence-corrected chi connectivity index (χ3v) is 3.78. The van der Waals surface area contributed by atoms with Crippen molar-refractivity contribution < 1.29 is 8.42 Å². The van der Waals surface area contributed by atoms with Gasteiger partial charge < -0.3 is 0 Å². The maximum absolute atomic E-state index is 11.1. The van der Waals surface area contributed by atoms with Crippen LogP contribution in [0.25, 0.3) is 10.8 Å². The van der Waals surface area contributed by atoms with Crippen LogP contribution < -0.4 is 0 Å². The quantitative estimate of drug-likeness (QED) is 0.676. The summed E-state index contributed by atoms with van der Waals surface area (Å²) < 4.78 is 23.6. The summed E-state index contributed by atoms with van der Waals surface area (Å²) in [5, 5.41) is 2.19. The van der Waals surface area contributed by atoms with E-state index in [9.17, 15) is 8.42 Å². The Hall–Kier alpha value is -1.10. The molecule has 0 fully saturated rings. The second-order valence-electron chi connectivity index (χ2n) is 3.95. The highest BCUT2D eigenvalue weighted by Crippen LogP contribution is 2.19. The Morgan fingerprint density at radius 2 is 1.78 bits per heavy atom. The van der Waals surface area contributed by atoms with Crippen LogP contribution in [-0.2, 0) is 17.4 Å². The van der Waals surface area contributed by atoms with Crippen molar-refractivity contribution in [1.82, 2.24) is 4.31 Å². The zero-order valence-electron chi connectivity index (χ0n) is 9.75. The molecular weight excluding hydrogens is 270 g/mol. The van der Waals surface area contributed by atoms with Crippen molar-refractivity contribution in [2.45, 2.75) is 6.54 Å². The first kappa shape index (κ1) is 13.3. The van der Waals surface area contributed by atoms with Gasteiger partial charge in [-0.1, -0.05) is 42.5 Å². The highest BCUT2D eigenvalue weighted by molar-refractivity contribution is 7.69. The number of benzene rings is 2. The summed E-state index contributed by atoms with van der Waals surface area (Å²) in [5.74, 6) is 0.300. The Balaban J connectivity index is 2.36. The van der Waals surface area contributed by atoms with E-state index in [1.165, 1.54) is 4.31 Å². The topological polar surface area (TPSA) is 37.4 Å². The molecule has 0 aliphatic carbocycles. The summed E-state index contributed by atoms with van der Waals surface area (Å²) in [6.45, 7) is 0.705. The van der Waals surface area contributed by atoms with Gasteiger partial charge in [0.25, 0.3) is 0 Å². The van der Waals surface area contributed by atoms with Crippen LogP contribution in [0.2, 0.25) is 0 Å². The van der Waals surface area contributed by atoms with Gasteiger partial charge in [-0.3, -0.25) is 0 Å². The minimum Gasteiger partial charge on any atom is -0.215 e. The van der Waals surface area contributed by atoms with E-state index in [1.54, 1.807) is 0 Å². The molecule has 0 saturated heterocycles. The molecule has 96 valence electrons. The zero-order chi connectivity index (χ0) is 13.0. The number of halogens is 1. The van der Waals surface area contributed by atoms with Crippen molar-refractivity contribution in [1.29, 1.82) is 0 Å². The lowest BCUT2D eigenvalue weighted by Crippen LogP contribution is -2.23. The minimum absolute atomic E-state index is 0.300. The van der Waals surface area contributed by atoms with E-state index in [1.807, 2.05) is 42.5 Å². The highest BCUT2D eigenvalue weighted by atomic mass is 35.5. The molecule has 5 heteroatoms. The lowest BCUT2D eigenvalue weighted by atomic mass is 10.0. The van der Waals surface area contributed by atoms with Gasteiger partial charge in [0.2, 0.25) is 10.9 Å². The summed E-state index contributed by atoms with van der Waals surface area (Å²) in [4.78, 5) is 0. The lowest BCUT2D eigenvalue weighted by Gasteiger charge is -2.15. The van der Waals surface area contributed by atoms with Crippen LogP contribution in [-0.4, -0.2) is 25.1 Å². The molecule has 2 aromatic carbocycles. The molecule has 0 atom stereocenters. The van der Waals surface area contributed by atoms with Gasteiger partial charge in [-0.15, -0.1) is 11.6 Å². The third kappa shape index (κ3) is 3.02. The Morgan fingerprint density at radius 3 is 2.50 bits per heavy atom. The molecule has 0 bridgehead atoms. The van der Waals surface area contributed by atoms with Crippen molar-refractivity contribution in [3.63, 3.8) is 0 Å². The average molecular weight is 284 g/mol. The van der Waals surface area contributed by atoms with Crippen LogP contribution in [0.3, 0.4) is 0 Å². The van der Waals surface area contributed by atoms with E-state index in [0.29, 0.717) is 19.0 Å². The molecule has 3 nitrogen and oxygen atoms in total. The fourth-order valence-corrected chi connectivity index (χ4v) is 2.80. The first-order chi connectivity index (χ1) is 8.72. The third-order valence-electron chi connectivity index (χ3n) is 2.81. The largest absolute Gasteiger partial charge is 0.215 e. The summed E-state index contributed by atoms with van der Waals surface area (Å²) in [5.41, 5.74) is 0.998. The molecule has 0 saturated carbocycles. The monoisotopic (exact) mass is 283 g/mol. The van der Waals surface area contributed by atoms with Gasteiger partial charge in [0, 0.05) is 19.0 Å². The number of hydrogen-bond acceptors (Lipinski definition) is 2. The molecule has 0 aliphatic heterocycles. The Kier molecular flexibility index (Phi) is 4.58. The van der Waals surface area contributed by atoms with E-state index < -0.39 is 10.9 Å². The molecule has 0 unspecified atom stereocenters. The van der Waals surface area contributed by atoms with E-state index >= 15 is 0 Å². The van der Waals surface area contributed by atoms with Gasteiger partial charge in [0.1, 0.15) is 0 Å². The predicted molar refractivity (Wildman–Crippen MR) is 75.4 cm³/mol. The van der Waals surface area contributed by atoms with Crippen molar-refractivity contribution in [2.24, 2.45) is 0 Å². The molecule has 0 radical (unpaired) electrons. The second kappa shape index (κ2) is 6.18. The summed E-state index contributed by atoms with van der Waals surface area (Å²) in [6, 6.07) is 13.8. The van der Waals surface area contributed by atoms with Gasteiger partial charge in [-0.2, -0.15) is 4.31 Å². The number of rotatable bonds is 5. The van der Waals surface area contributed by atoms with Crippen LogP contribution in [0.4, 0.5) is 0 Å². The fraction of sp³-hybridized carbons (Fsp3) is 0.231. The van der Waals surface area contributed by atoms with Crippen LogP contribution >= 0.6 is 11.6 Å². The van der Waals surface area contributed by atoms with Crippen LogP contribution in [0.15, 0.2) is 42.5 Å². The summed E-state index contributed by atoms with van der Waals surface area (Å²) in [7, 11) is -2.60. The molecule has 18 heavy (non-hydrogen) atoms. The fourth-order valence-electron chi connectivity index (χ4n) is 1.94. The SMILES string of the molecule is O=[SH](=O)N(CCCl)Cc1cccc2ccccc12. The van der Waals surface area contributed by atoms with Crippen molar-refractivity contribution in [3.8, 4) is 0 Å². The Labute approximate surface area is 113 Å². The standard InChI is InChI=1S/C13H14ClNO2S/c14-8-9-15(18(16)17)10-12-6-3-5-11-4-1-2-7-13(11)12/h1-7,18H,8-10H2. The minimum atomic E-state index is -2.60. The Morgan fingerprint density at radius 1 is 1.06 bits per heavy atom. The van der Waals surface area contributed by atoms with Crippen molar-refractivity contribution >= 4 is 33.3 Å². The van der Waals surface area contributed by atoms with Crippen LogP contribution in [0.1, 0.15) is 5.56 Å². The number of fused-ring (bicyclic) bond motifs is 1. The van der Waals surface area contributed by atoms with E-state index in [2.05, 4.69) is 0 Å². The molecule has 0 aromatic heterocycles. The summed E-state index contributed by atoms with van der Waals surface area (Å²) >= 11 is 5.62. The van der Waals surface area contributed by atoms with Crippen LogP contribution in [0, 0.1) is 0 Å². The average Bonchev–Trinajstić information content (AvgIpc) is 2.38. The Bertz CT molecular complexity index is 599. The number of hydrogen-bond donors (Lipinski definition) is 1. The number of alkyl halides is 1. The molecule has 2 aromatic rings. The number of nitrogens with zero attached hydrogens (tertiary/aromatic N) is 1. The molecule has 0 aliphatic rings. The lowest BCUT2D eigenvalue weighted by molar-refractivity contribution is 0.443. The normalized spacial score (nSPS) is 11.5. The van der Waals surface area contributed by atoms with Gasteiger partial charge in [-0.05, 0) is 16.3 Å². The molecular formula is C13H14ClNO2S. The number of thiol groups is 1. The highest BCUT2D eigenvalue weighted by Gasteiger charge is 2.09. The van der Waals surface area contributed by atoms with Gasteiger partial charge in [0.05, 0.1) is 0 Å². The van der Waals surface area contributed by atoms with E-state index in [0.717, 1.165) is 16.3 Å². The van der Waals surface area contributed by atoms with Gasteiger partial charge >= 0.3 is 0 Å². The first-order valence-corrected chi connectivity index (χ1v) is 7.30. The van der Waals surface area contributed by atoms with Crippen molar-refractivity contribution in [2.75, 3.05) is 12.4 Å². The van der Waals surface area contributed by atoms with Gasteiger partial charge in [-0.25, -0.2) is 8.42 Å². The zero-order valence-corrected chi connectivity index (χ0v) is 11.4. The molecule has 2 rings (SSSR count). The maximum Gasteiger partial charge on any atom is 0.204 e. The first-order valence-electron chi connectivity index (χ1n) is 5.64. The second-order valence-corrected chi connectivity index (χ2v) is 5.37. The maximum atomic E-state index is 11.1. The predicted octanol–water partition coefficient (Wildman–Crippen LogP) is 2.41. The van der Waals surface area contributed by atoms with E-state index in [-0.39, 0.29) is 0 Å². The van der Waals surface area contributed by atoms with Crippen molar-refractivity contribution in [3.05, 3.63) is 48.0 Å². The summed E-state index contributed by atoms with van der Waals surface area (Å²) in [6.07, 6.45) is 0. The molecule has 0 amide bonds. The molecule has 0 N–H and O–H groups in total. The smallest absolute Gasteiger partial charge is 0.204 e. The van der Waals surface area contributed by atoms with Crippen LogP contribution in [0.5, 0.6) is 0 Å². The van der Waals surface area contributed by atoms with E-state index in [4.69, 9.17) is 11.6 Å². The van der Waals surface area contributed by atoms with Gasteiger partial charge in [0.15, 0.2) is 0 Å².